The SMILES string of the molecule is O=C(Nc1cccc(Cl)c1)N1CCSC1c1ccc(Cl)cc1Cl. The zero-order chi connectivity index (χ0) is 16.4. The van der Waals surface area contributed by atoms with E-state index in [9.17, 15) is 4.79 Å². The van der Waals surface area contributed by atoms with Crippen molar-refractivity contribution in [3.05, 3.63) is 63.1 Å². The Morgan fingerprint density at radius 1 is 1.13 bits per heavy atom. The number of amides is 2. The summed E-state index contributed by atoms with van der Waals surface area (Å²) in [6.45, 7) is 0.653. The zero-order valence-corrected chi connectivity index (χ0v) is 15.0. The molecular formula is C16H13Cl3N2OS. The van der Waals surface area contributed by atoms with Crippen molar-refractivity contribution in [2.75, 3.05) is 17.6 Å². The Morgan fingerprint density at radius 2 is 1.91 bits per heavy atom. The van der Waals surface area contributed by atoms with E-state index >= 15 is 0 Å². The average molecular weight is 388 g/mol. The van der Waals surface area contributed by atoms with Gasteiger partial charge < -0.3 is 10.2 Å². The van der Waals surface area contributed by atoms with Crippen molar-refractivity contribution in [1.29, 1.82) is 0 Å². The fraction of sp³-hybridized carbons (Fsp3) is 0.188. The average Bonchev–Trinajstić information content (AvgIpc) is 2.96. The molecule has 1 aliphatic rings. The predicted octanol–water partition coefficient (Wildman–Crippen LogP) is 5.93. The Kier molecular flexibility index (Phi) is 5.27. The molecule has 1 saturated heterocycles. The van der Waals surface area contributed by atoms with Crippen molar-refractivity contribution in [3.8, 4) is 0 Å². The minimum absolute atomic E-state index is 0.126. The highest BCUT2D eigenvalue weighted by molar-refractivity contribution is 7.99. The lowest BCUT2D eigenvalue weighted by Crippen LogP contribution is -2.34. The first-order chi connectivity index (χ1) is 11.0. The van der Waals surface area contributed by atoms with E-state index in [1.165, 1.54) is 0 Å². The first-order valence-electron chi connectivity index (χ1n) is 6.94. The van der Waals surface area contributed by atoms with Crippen LogP contribution < -0.4 is 5.32 Å². The van der Waals surface area contributed by atoms with Gasteiger partial charge in [0.05, 0.1) is 0 Å². The van der Waals surface area contributed by atoms with Gasteiger partial charge in [-0.2, -0.15) is 0 Å². The maximum atomic E-state index is 12.6. The summed E-state index contributed by atoms with van der Waals surface area (Å²) in [5.74, 6) is 0.854. The molecule has 1 fully saturated rings. The van der Waals surface area contributed by atoms with Gasteiger partial charge in [0.1, 0.15) is 5.37 Å². The summed E-state index contributed by atoms with van der Waals surface area (Å²) >= 11 is 19.9. The van der Waals surface area contributed by atoms with Gasteiger partial charge in [0.15, 0.2) is 0 Å². The largest absolute Gasteiger partial charge is 0.323 e. The summed E-state index contributed by atoms with van der Waals surface area (Å²) in [4.78, 5) is 14.3. The van der Waals surface area contributed by atoms with Crippen LogP contribution in [0.3, 0.4) is 0 Å². The molecule has 0 aliphatic carbocycles. The van der Waals surface area contributed by atoms with E-state index in [1.807, 2.05) is 6.07 Å². The number of rotatable bonds is 2. The van der Waals surface area contributed by atoms with E-state index in [-0.39, 0.29) is 11.4 Å². The molecule has 1 heterocycles. The summed E-state index contributed by atoms with van der Waals surface area (Å²) in [5.41, 5.74) is 1.56. The normalized spacial score (nSPS) is 17.3. The molecule has 120 valence electrons. The standard InChI is InChI=1S/C16H13Cl3N2OS/c17-10-2-1-3-12(8-10)20-16(22)21-6-7-23-15(21)13-5-4-11(18)9-14(13)19/h1-5,8-9,15H,6-7H2,(H,20,22). The van der Waals surface area contributed by atoms with Crippen molar-refractivity contribution in [1.82, 2.24) is 4.90 Å². The maximum absolute atomic E-state index is 12.6. The van der Waals surface area contributed by atoms with Gasteiger partial charge in [0.25, 0.3) is 0 Å². The number of thioether (sulfide) groups is 1. The van der Waals surface area contributed by atoms with Crippen molar-refractivity contribution in [2.24, 2.45) is 0 Å². The first kappa shape index (κ1) is 16.8. The Hall–Kier alpha value is -1.07. The number of nitrogens with one attached hydrogen (secondary N) is 1. The molecule has 23 heavy (non-hydrogen) atoms. The van der Waals surface area contributed by atoms with Crippen molar-refractivity contribution in [2.45, 2.75) is 5.37 Å². The van der Waals surface area contributed by atoms with Crippen molar-refractivity contribution < 1.29 is 4.79 Å². The third kappa shape index (κ3) is 3.89. The molecule has 0 aromatic heterocycles. The van der Waals surface area contributed by atoms with Gasteiger partial charge in [-0.15, -0.1) is 11.8 Å². The Bertz CT molecular complexity index is 741. The molecule has 3 rings (SSSR count). The van der Waals surface area contributed by atoms with Gasteiger partial charge in [-0.1, -0.05) is 46.9 Å². The number of nitrogens with zero attached hydrogens (tertiary/aromatic N) is 1. The second-order valence-electron chi connectivity index (χ2n) is 5.02. The molecule has 0 radical (unpaired) electrons. The fourth-order valence-electron chi connectivity index (χ4n) is 2.40. The minimum Gasteiger partial charge on any atom is -0.308 e. The number of carbonyl (C=O) groups excluding carboxylic acids is 1. The lowest BCUT2D eigenvalue weighted by atomic mass is 10.2. The summed E-state index contributed by atoms with van der Waals surface area (Å²) in [5, 5.41) is 4.48. The number of halogens is 3. The van der Waals surface area contributed by atoms with Crippen LogP contribution in [0.2, 0.25) is 15.1 Å². The van der Waals surface area contributed by atoms with Gasteiger partial charge in [-0.25, -0.2) is 4.79 Å². The highest BCUT2D eigenvalue weighted by atomic mass is 35.5. The van der Waals surface area contributed by atoms with Crippen LogP contribution in [0, 0.1) is 0 Å². The zero-order valence-electron chi connectivity index (χ0n) is 11.9. The van der Waals surface area contributed by atoms with Gasteiger partial charge >= 0.3 is 6.03 Å². The van der Waals surface area contributed by atoms with Gasteiger partial charge in [0, 0.05) is 38.6 Å². The molecular weight excluding hydrogens is 375 g/mol. The Labute approximate surface area is 153 Å². The monoisotopic (exact) mass is 386 g/mol. The lowest BCUT2D eigenvalue weighted by molar-refractivity contribution is 0.214. The smallest absolute Gasteiger partial charge is 0.308 e. The lowest BCUT2D eigenvalue weighted by Gasteiger charge is -2.25. The van der Waals surface area contributed by atoms with E-state index < -0.39 is 0 Å². The summed E-state index contributed by atoms with van der Waals surface area (Å²) < 4.78 is 0. The van der Waals surface area contributed by atoms with Crippen LogP contribution in [0.1, 0.15) is 10.9 Å². The molecule has 0 saturated carbocycles. The number of carbonyl (C=O) groups is 1. The van der Waals surface area contributed by atoms with Crippen LogP contribution in [-0.2, 0) is 0 Å². The highest BCUT2D eigenvalue weighted by Crippen LogP contribution is 2.41. The molecule has 2 aromatic carbocycles. The summed E-state index contributed by atoms with van der Waals surface area (Å²) in [6, 6.07) is 12.3. The quantitative estimate of drug-likeness (QED) is 0.693. The number of anilines is 1. The van der Waals surface area contributed by atoms with Crippen LogP contribution in [0.5, 0.6) is 0 Å². The minimum atomic E-state index is -0.173. The van der Waals surface area contributed by atoms with E-state index in [4.69, 9.17) is 34.8 Å². The molecule has 2 aromatic rings. The second kappa shape index (κ2) is 7.22. The number of urea groups is 1. The Morgan fingerprint density at radius 3 is 2.65 bits per heavy atom. The maximum Gasteiger partial charge on any atom is 0.323 e. The molecule has 1 N–H and O–H groups in total. The summed E-state index contributed by atoms with van der Waals surface area (Å²) in [7, 11) is 0. The third-order valence-corrected chi connectivity index (χ3v) is 5.50. The van der Waals surface area contributed by atoms with Crippen molar-refractivity contribution >= 4 is 58.3 Å². The first-order valence-corrected chi connectivity index (χ1v) is 9.12. The van der Waals surface area contributed by atoms with E-state index in [0.717, 1.165) is 11.3 Å². The second-order valence-corrected chi connectivity index (χ2v) is 7.49. The highest BCUT2D eigenvalue weighted by Gasteiger charge is 2.32. The van der Waals surface area contributed by atoms with E-state index in [2.05, 4.69) is 5.32 Å². The molecule has 0 bridgehead atoms. The fourth-order valence-corrected chi connectivity index (χ4v) is 4.46. The Balaban J connectivity index is 1.79. The van der Waals surface area contributed by atoms with Gasteiger partial charge in [0.2, 0.25) is 0 Å². The summed E-state index contributed by atoms with van der Waals surface area (Å²) in [6.07, 6.45) is 0. The molecule has 3 nitrogen and oxygen atoms in total. The van der Waals surface area contributed by atoms with Gasteiger partial charge in [-0.3, -0.25) is 0 Å². The third-order valence-electron chi connectivity index (χ3n) is 3.46. The molecule has 1 unspecified atom stereocenters. The van der Waals surface area contributed by atoms with Crippen LogP contribution in [0.15, 0.2) is 42.5 Å². The molecule has 2 amide bonds. The van der Waals surface area contributed by atoms with Crippen LogP contribution in [0.25, 0.3) is 0 Å². The molecule has 1 atom stereocenters. The van der Waals surface area contributed by atoms with Crippen LogP contribution in [-0.4, -0.2) is 23.2 Å². The van der Waals surface area contributed by atoms with E-state index in [0.29, 0.717) is 27.3 Å². The predicted molar refractivity (Wildman–Crippen MR) is 98.8 cm³/mol. The molecule has 1 aliphatic heterocycles. The van der Waals surface area contributed by atoms with Gasteiger partial charge in [-0.05, 0) is 30.3 Å². The number of benzene rings is 2. The number of hydrogen-bond acceptors (Lipinski definition) is 2. The molecule has 7 heteroatoms. The van der Waals surface area contributed by atoms with E-state index in [1.54, 1.807) is 53.1 Å². The van der Waals surface area contributed by atoms with Crippen molar-refractivity contribution in [3.63, 3.8) is 0 Å². The van der Waals surface area contributed by atoms with Crippen LogP contribution >= 0.6 is 46.6 Å². The topological polar surface area (TPSA) is 32.3 Å². The van der Waals surface area contributed by atoms with Crippen LogP contribution in [0.4, 0.5) is 10.5 Å². The number of hydrogen-bond donors (Lipinski definition) is 1. The molecule has 0 spiro atoms.